The van der Waals surface area contributed by atoms with Crippen LogP contribution in [0.25, 0.3) is 5.69 Å². The van der Waals surface area contributed by atoms with Crippen molar-refractivity contribution in [3.05, 3.63) is 58.3 Å². The van der Waals surface area contributed by atoms with Gasteiger partial charge in [0.1, 0.15) is 11.5 Å². The van der Waals surface area contributed by atoms with E-state index in [1.54, 1.807) is 0 Å². The molecule has 26 heavy (non-hydrogen) atoms. The molecule has 0 spiro atoms. The molecule has 2 aromatic rings. The van der Waals surface area contributed by atoms with E-state index in [0.717, 1.165) is 23.9 Å². The number of carbonyl (C=O) groups is 1. The van der Waals surface area contributed by atoms with Gasteiger partial charge in [-0.15, -0.1) is 0 Å². The van der Waals surface area contributed by atoms with Crippen molar-refractivity contribution >= 4 is 5.91 Å². The molecular formula is C20H24FN3O2. The highest BCUT2D eigenvalue weighted by Gasteiger charge is 2.33. The third-order valence-corrected chi connectivity index (χ3v) is 4.58. The summed E-state index contributed by atoms with van der Waals surface area (Å²) in [5, 5.41) is 4.24. The number of rotatable bonds is 3. The third kappa shape index (κ3) is 4.00. The summed E-state index contributed by atoms with van der Waals surface area (Å²) >= 11 is 0. The number of likely N-dealkylation sites (tertiary alicyclic amines) is 1. The minimum atomic E-state index is -0.392. The summed E-state index contributed by atoms with van der Waals surface area (Å²) in [6.45, 7) is 7.21. The summed E-state index contributed by atoms with van der Waals surface area (Å²) < 4.78 is 14.3. The number of amides is 1. The molecule has 2 heterocycles. The molecule has 1 aromatic carbocycles. The maximum atomic E-state index is 13.1. The minimum absolute atomic E-state index is 0.133. The van der Waals surface area contributed by atoms with Crippen molar-refractivity contribution in [2.45, 2.75) is 46.1 Å². The first-order chi connectivity index (χ1) is 12.2. The molecule has 3 rings (SSSR count). The molecule has 1 aromatic heterocycles. The van der Waals surface area contributed by atoms with Gasteiger partial charge in [-0.1, -0.05) is 20.8 Å². The Morgan fingerprint density at radius 1 is 1.19 bits per heavy atom. The number of halogens is 1. The predicted octanol–water partition coefficient (Wildman–Crippen LogP) is 3.41. The van der Waals surface area contributed by atoms with Crippen molar-refractivity contribution in [2.75, 3.05) is 6.54 Å². The highest BCUT2D eigenvalue weighted by Crippen LogP contribution is 2.30. The first-order valence-corrected chi connectivity index (χ1v) is 8.92. The number of carbonyl (C=O) groups excluding carboxylic acids is 1. The maximum Gasteiger partial charge on any atom is 0.274 e. The smallest absolute Gasteiger partial charge is 0.274 e. The molecule has 0 aliphatic carbocycles. The van der Waals surface area contributed by atoms with E-state index in [0.29, 0.717) is 12.2 Å². The lowest BCUT2D eigenvalue weighted by Gasteiger charge is -2.30. The Labute approximate surface area is 152 Å². The Kier molecular flexibility index (Phi) is 4.94. The van der Waals surface area contributed by atoms with Gasteiger partial charge in [-0.05, 0) is 55.0 Å². The zero-order valence-corrected chi connectivity index (χ0v) is 15.4. The standard InChI is InChI=1S/C20H24FN3O2/c1-20(2,3)13-16-5-4-12-23(16)19(26)17-10-11-18(25)24(22-17)15-8-6-14(21)7-9-15/h6-11,16H,4-5,12-13H2,1-3H3/t16-/m1/s1. The summed E-state index contributed by atoms with van der Waals surface area (Å²) in [6.07, 6.45) is 2.89. The molecule has 1 saturated heterocycles. The van der Waals surface area contributed by atoms with E-state index < -0.39 is 5.82 Å². The second kappa shape index (κ2) is 7.02. The van der Waals surface area contributed by atoms with Gasteiger partial charge in [0.05, 0.1) is 5.69 Å². The Morgan fingerprint density at radius 2 is 1.88 bits per heavy atom. The average molecular weight is 357 g/mol. The molecule has 1 aliphatic heterocycles. The van der Waals surface area contributed by atoms with Crippen LogP contribution in [-0.2, 0) is 0 Å². The monoisotopic (exact) mass is 357 g/mol. The lowest BCUT2D eigenvalue weighted by atomic mass is 9.87. The van der Waals surface area contributed by atoms with Crippen LogP contribution in [0.4, 0.5) is 4.39 Å². The molecule has 6 heteroatoms. The molecule has 0 unspecified atom stereocenters. The van der Waals surface area contributed by atoms with Gasteiger partial charge in [-0.25, -0.2) is 4.39 Å². The van der Waals surface area contributed by atoms with Crippen molar-refractivity contribution < 1.29 is 9.18 Å². The Morgan fingerprint density at radius 3 is 2.54 bits per heavy atom. The lowest BCUT2D eigenvalue weighted by Crippen LogP contribution is -2.39. The summed E-state index contributed by atoms with van der Waals surface area (Å²) in [7, 11) is 0. The maximum absolute atomic E-state index is 13.1. The van der Waals surface area contributed by atoms with Crippen LogP contribution in [0.2, 0.25) is 0 Å². The van der Waals surface area contributed by atoms with E-state index in [1.807, 2.05) is 4.90 Å². The van der Waals surface area contributed by atoms with E-state index in [9.17, 15) is 14.0 Å². The van der Waals surface area contributed by atoms with E-state index >= 15 is 0 Å². The highest BCUT2D eigenvalue weighted by molar-refractivity contribution is 5.92. The molecule has 138 valence electrons. The van der Waals surface area contributed by atoms with E-state index in [2.05, 4.69) is 25.9 Å². The molecule has 0 saturated carbocycles. The Hall–Kier alpha value is -2.50. The molecule has 1 fully saturated rings. The summed E-state index contributed by atoms with van der Waals surface area (Å²) in [6, 6.07) is 8.45. The number of hydrogen-bond donors (Lipinski definition) is 0. The van der Waals surface area contributed by atoms with E-state index in [-0.39, 0.29) is 28.6 Å². The van der Waals surface area contributed by atoms with Crippen LogP contribution in [0.15, 0.2) is 41.2 Å². The van der Waals surface area contributed by atoms with Gasteiger partial charge < -0.3 is 4.90 Å². The first-order valence-electron chi connectivity index (χ1n) is 8.92. The lowest BCUT2D eigenvalue weighted by molar-refractivity contribution is 0.0696. The zero-order chi connectivity index (χ0) is 18.9. The Bertz CT molecular complexity index is 853. The number of benzene rings is 1. The van der Waals surface area contributed by atoms with Crippen LogP contribution in [0.1, 0.15) is 50.5 Å². The summed E-state index contributed by atoms with van der Waals surface area (Å²) in [5.74, 6) is -0.552. The SMILES string of the molecule is CC(C)(C)C[C@H]1CCCN1C(=O)c1ccc(=O)n(-c2ccc(F)cc2)n1. The number of aromatic nitrogens is 2. The highest BCUT2D eigenvalue weighted by atomic mass is 19.1. The van der Waals surface area contributed by atoms with Gasteiger partial charge in [0.2, 0.25) is 0 Å². The molecule has 0 radical (unpaired) electrons. The fourth-order valence-electron chi connectivity index (χ4n) is 3.46. The van der Waals surface area contributed by atoms with Crippen molar-refractivity contribution in [3.63, 3.8) is 0 Å². The number of nitrogens with zero attached hydrogens (tertiary/aromatic N) is 3. The molecule has 1 aliphatic rings. The van der Waals surface area contributed by atoms with Crippen LogP contribution in [-0.4, -0.2) is 33.2 Å². The first kappa shape index (κ1) is 18.3. The average Bonchev–Trinajstić information content (AvgIpc) is 3.01. The van der Waals surface area contributed by atoms with Gasteiger partial charge in [0, 0.05) is 18.7 Å². The van der Waals surface area contributed by atoms with Gasteiger partial charge in [0.25, 0.3) is 11.5 Å². The molecular weight excluding hydrogens is 333 g/mol. The van der Waals surface area contributed by atoms with Crippen molar-refractivity contribution in [2.24, 2.45) is 5.41 Å². The van der Waals surface area contributed by atoms with Crippen LogP contribution >= 0.6 is 0 Å². The normalized spacial score (nSPS) is 17.5. The summed E-state index contributed by atoms with van der Waals surface area (Å²) in [5.41, 5.74) is 0.433. The molecule has 1 atom stereocenters. The molecule has 5 nitrogen and oxygen atoms in total. The zero-order valence-electron chi connectivity index (χ0n) is 15.4. The van der Waals surface area contributed by atoms with Crippen LogP contribution < -0.4 is 5.56 Å². The van der Waals surface area contributed by atoms with Gasteiger partial charge in [-0.3, -0.25) is 9.59 Å². The minimum Gasteiger partial charge on any atom is -0.334 e. The van der Waals surface area contributed by atoms with Crippen LogP contribution in [0.3, 0.4) is 0 Å². The van der Waals surface area contributed by atoms with Gasteiger partial charge in [0.15, 0.2) is 0 Å². The fourth-order valence-corrected chi connectivity index (χ4v) is 3.46. The Balaban J connectivity index is 1.89. The van der Waals surface area contributed by atoms with Crippen LogP contribution in [0.5, 0.6) is 0 Å². The fraction of sp³-hybridized carbons (Fsp3) is 0.450. The topological polar surface area (TPSA) is 55.2 Å². The van der Waals surface area contributed by atoms with E-state index in [4.69, 9.17) is 0 Å². The molecule has 0 bridgehead atoms. The van der Waals surface area contributed by atoms with Crippen molar-refractivity contribution in [1.29, 1.82) is 0 Å². The predicted molar refractivity (Wildman–Crippen MR) is 97.9 cm³/mol. The molecule has 0 N–H and O–H groups in total. The quantitative estimate of drug-likeness (QED) is 0.846. The number of hydrogen-bond acceptors (Lipinski definition) is 3. The van der Waals surface area contributed by atoms with Crippen molar-refractivity contribution in [1.82, 2.24) is 14.7 Å². The van der Waals surface area contributed by atoms with Gasteiger partial charge in [-0.2, -0.15) is 9.78 Å². The molecule has 1 amide bonds. The van der Waals surface area contributed by atoms with Crippen molar-refractivity contribution in [3.8, 4) is 5.69 Å². The second-order valence-corrected chi connectivity index (χ2v) is 8.00. The van der Waals surface area contributed by atoms with Gasteiger partial charge >= 0.3 is 0 Å². The van der Waals surface area contributed by atoms with E-state index in [1.165, 1.54) is 36.4 Å². The second-order valence-electron chi connectivity index (χ2n) is 8.00. The summed E-state index contributed by atoms with van der Waals surface area (Å²) in [4.78, 5) is 27.0. The van der Waals surface area contributed by atoms with Crippen LogP contribution in [0, 0.1) is 11.2 Å². The largest absolute Gasteiger partial charge is 0.334 e. The third-order valence-electron chi connectivity index (χ3n) is 4.58.